The highest BCUT2D eigenvalue weighted by atomic mass is 16.5. The van der Waals surface area contributed by atoms with Crippen molar-refractivity contribution in [3.63, 3.8) is 0 Å². The van der Waals surface area contributed by atoms with Crippen molar-refractivity contribution in [3.8, 4) is 5.75 Å². The summed E-state index contributed by atoms with van der Waals surface area (Å²) in [7, 11) is 0. The Morgan fingerprint density at radius 3 is 2.65 bits per heavy atom. The van der Waals surface area contributed by atoms with Crippen LogP contribution in [0.25, 0.3) is 0 Å². The molecule has 0 bridgehead atoms. The summed E-state index contributed by atoms with van der Waals surface area (Å²) >= 11 is 0. The number of rotatable bonds is 7. The van der Waals surface area contributed by atoms with Gasteiger partial charge in [-0.1, -0.05) is 24.3 Å². The van der Waals surface area contributed by atoms with E-state index in [0.717, 1.165) is 23.3 Å². The molecular formula is C19H23NO3. The fourth-order valence-corrected chi connectivity index (χ4v) is 2.41. The predicted octanol–water partition coefficient (Wildman–Crippen LogP) is 4.19. The number of hydrogen-bond acceptors (Lipinski definition) is 3. The lowest BCUT2D eigenvalue weighted by Gasteiger charge is -2.13. The SMILES string of the molecule is Cc1ccc(C)c(OCCCNc2c(C)cccc2C(=O)O)c1. The number of para-hydroxylation sites is 1. The lowest BCUT2D eigenvalue weighted by atomic mass is 10.1. The van der Waals surface area contributed by atoms with Crippen LogP contribution >= 0.6 is 0 Å². The molecule has 0 aliphatic heterocycles. The van der Waals surface area contributed by atoms with Crippen LogP contribution in [0.4, 0.5) is 5.69 Å². The van der Waals surface area contributed by atoms with Crippen molar-refractivity contribution in [2.24, 2.45) is 0 Å². The zero-order valence-electron chi connectivity index (χ0n) is 13.8. The van der Waals surface area contributed by atoms with Gasteiger partial charge in [-0.05, 0) is 56.0 Å². The maximum atomic E-state index is 11.3. The van der Waals surface area contributed by atoms with Gasteiger partial charge in [-0.3, -0.25) is 0 Å². The second-order valence-electron chi connectivity index (χ2n) is 5.70. The summed E-state index contributed by atoms with van der Waals surface area (Å²) in [6.07, 6.45) is 0.792. The molecule has 0 atom stereocenters. The molecule has 0 fully saturated rings. The van der Waals surface area contributed by atoms with Crippen molar-refractivity contribution in [2.75, 3.05) is 18.5 Å². The van der Waals surface area contributed by atoms with E-state index in [2.05, 4.69) is 17.4 Å². The molecule has 0 heterocycles. The molecule has 0 aromatic heterocycles. The molecule has 2 rings (SSSR count). The molecule has 0 aliphatic carbocycles. The average molecular weight is 313 g/mol. The Hall–Kier alpha value is -2.49. The lowest BCUT2D eigenvalue weighted by molar-refractivity contribution is 0.0698. The van der Waals surface area contributed by atoms with E-state index >= 15 is 0 Å². The highest BCUT2D eigenvalue weighted by Crippen LogP contribution is 2.21. The van der Waals surface area contributed by atoms with Crippen molar-refractivity contribution in [3.05, 3.63) is 58.7 Å². The highest BCUT2D eigenvalue weighted by Gasteiger charge is 2.11. The van der Waals surface area contributed by atoms with Gasteiger partial charge in [-0.15, -0.1) is 0 Å². The minimum Gasteiger partial charge on any atom is -0.493 e. The van der Waals surface area contributed by atoms with Gasteiger partial charge < -0.3 is 15.2 Å². The minimum atomic E-state index is -0.914. The Kier molecular flexibility index (Phi) is 5.63. The molecule has 0 spiro atoms. The van der Waals surface area contributed by atoms with Crippen LogP contribution in [0.3, 0.4) is 0 Å². The van der Waals surface area contributed by atoms with E-state index in [9.17, 15) is 9.90 Å². The van der Waals surface area contributed by atoms with E-state index < -0.39 is 5.97 Å². The summed E-state index contributed by atoms with van der Waals surface area (Å²) in [6, 6.07) is 11.4. The van der Waals surface area contributed by atoms with Gasteiger partial charge in [0.2, 0.25) is 0 Å². The van der Waals surface area contributed by atoms with Gasteiger partial charge in [0.1, 0.15) is 5.75 Å². The van der Waals surface area contributed by atoms with Crippen LogP contribution in [-0.4, -0.2) is 24.2 Å². The Bertz CT molecular complexity index is 695. The van der Waals surface area contributed by atoms with Crippen molar-refractivity contribution in [2.45, 2.75) is 27.2 Å². The van der Waals surface area contributed by atoms with Crippen LogP contribution in [0.2, 0.25) is 0 Å². The molecule has 0 aliphatic rings. The standard InChI is InChI=1S/C19H23NO3/c1-13-8-9-14(2)17(12-13)23-11-5-10-20-18-15(3)6-4-7-16(18)19(21)22/h4,6-9,12,20H,5,10-11H2,1-3H3,(H,21,22). The van der Waals surface area contributed by atoms with Crippen molar-refractivity contribution in [1.29, 1.82) is 0 Å². The molecule has 2 aromatic carbocycles. The highest BCUT2D eigenvalue weighted by molar-refractivity contribution is 5.95. The molecule has 0 saturated carbocycles. The first-order valence-corrected chi connectivity index (χ1v) is 7.76. The maximum Gasteiger partial charge on any atom is 0.337 e. The van der Waals surface area contributed by atoms with Gasteiger partial charge in [0.05, 0.1) is 17.9 Å². The van der Waals surface area contributed by atoms with E-state index in [1.54, 1.807) is 12.1 Å². The molecule has 23 heavy (non-hydrogen) atoms. The topological polar surface area (TPSA) is 58.6 Å². The van der Waals surface area contributed by atoms with E-state index in [0.29, 0.717) is 24.4 Å². The number of hydrogen-bond donors (Lipinski definition) is 2. The number of ether oxygens (including phenoxy) is 1. The zero-order chi connectivity index (χ0) is 16.8. The molecular weight excluding hydrogens is 290 g/mol. The van der Waals surface area contributed by atoms with Crippen LogP contribution in [0, 0.1) is 20.8 Å². The summed E-state index contributed by atoms with van der Waals surface area (Å²) in [5, 5.41) is 12.4. The quantitative estimate of drug-likeness (QED) is 0.752. The largest absolute Gasteiger partial charge is 0.493 e. The van der Waals surface area contributed by atoms with Crippen molar-refractivity contribution < 1.29 is 14.6 Å². The van der Waals surface area contributed by atoms with Crippen LogP contribution in [0.1, 0.15) is 33.5 Å². The van der Waals surface area contributed by atoms with E-state index in [1.807, 2.05) is 32.9 Å². The zero-order valence-corrected chi connectivity index (χ0v) is 13.8. The van der Waals surface area contributed by atoms with Gasteiger partial charge in [0, 0.05) is 6.54 Å². The first-order valence-electron chi connectivity index (χ1n) is 7.76. The fraction of sp³-hybridized carbons (Fsp3) is 0.316. The summed E-state index contributed by atoms with van der Waals surface area (Å²) in [5.41, 5.74) is 4.22. The summed E-state index contributed by atoms with van der Waals surface area (Å²) in [6.45, 7) is 7.22. The van der Waals surface area contributed by atoms with Gasteiger partial charge in [-0.25, -0.2) is 4.79 Å². The normalized spacial score (nSPS) is 10.4. The molecule has 0 unspecified atom stereocenters. The maximum absolute atomic E-state index is 11.3. The Morgan fingerprint density at radius 2 is 1.91 bits per heavy atom. The fourth-order valence-electron chi connectivity index (χ4n) is 2.41. The predicted molar refractivity (Wildman–Crippen MR) is 92.7 cm³/mol. The Balaban J connectivity index is 1.87. The lowest BCUT2D eigenvalue weighted by Crippen LogP contribution is -2.12. The van der Waals surface area contributed by atoms with Crippen molar-refractivity contribution >= 4 is 11.7 Å². The van der Waals surface area contributed by atoms with Crippen LogP contribution in [-0.2, 0) is 0 Å². The molecule has 0 amide bonds. The third-order valence-electron chi connectivity index (χ3n) is 3.73. The first kappa shape index (κ1) is 16.9. The van der Waals surface area contributed by atoms with Gasteiger partial charge in [-0.2, -0.15) is 0 Å². The second kappa shape index (κ2) is 7.68. The number of benzene rings is 2. The second-order valence-corrected chi connectivity index (χ2v) is 5.70. The van der Waals surface area contributed by atoms with Crippen LogP contribution in [0.15, 0.2) is 36.4 Å². The average Bonchev–Trinajstić information content (AvgIpc) is 2.51. The van der Waals surface area contributed by atoms with Crippen molar-refractivity contribution in [1.82, 2.24) is 0 Å². The number of carbonyl (C=O) groups is 1. The molecule has 0 radical (unpaired) electrons. The molecule has 2 N–H and O–H groups in total. The third-order valence-corrected chi connectivity index (χ3v) is 3.73. The van der Waals surface area contributed by atoms with Gasteiger partial charge in [0.15, 0.2) is 0 Å². The molecule has 4 nitrogen and oxygen atoms in total. The third kappa shape index (κ3) is 4.49. The summed E-state index contributed by atoms with van der Waals surface area (Å²) in [5.74, 6) is -0.00467. The smallest absolute Gasteiger partial charge is 0.337 e. The summed E-state index contributed by atoms with van der Waals surface area (Å²) in [4.78, 5) is 11.3. The Labute approximate surface area is 137 Å². The number of carboxylic acid groups (broad SMARTS) is 1. The number of anilines is 1. The Morgan fingerprint density at radius 1 is 1.13 bits per heavy atom. The number of aromatic carboxylic acids is 1. The molecule has 4 heteroatoms. The number of aryl methyl sites for hydroxylation is 3. The van der Waals surface area contributed by atoms with E-state index in [4.69, 9.17) is 4.74 Å². The monoisotopic (exact) mass is 313 g/mol. The number of carboxylic acids is 1. The molecule has 122 valence electrons. The molecule has 0 saturated heterocycles. The first-order chi connectivity index (χ1) is 11.0. The number of nitrogens with one attached hydrogen (secondary N) is 1. The summed E-state index contributed by atoms with van der Waals surface area (Å²) < 4.78 is 5.81. The van der Waals surface area contributed by atoms with Crippen LogP contribution < -0.4 is 10.1 Å². The van der Waals surface area contributed by atoms with E-state index in [1.165, 1.54) is 5.56 Å². The van der Waals surface area contributed by atoms with Gasteiger partial charge in [0.25, 0.3) is 0 Å². The van der Waals surface area contributed by atoms with Gasteiger partial charge >= 0.3 is 5.97 Å². The minimum absolute atomic E-state index is 0.306. The van der Waals surface area contributed by atoms with E-state index in [-0.39, 0.29) is 0 Å². The molecule has 2 aromatic rings. The van der Waals surface area contributed by atoms with Crippen LogP contribution in [0.5, 0.6) is 5.75 Å².